The second-order valence-corrected chi connectivity index (χ2v) is 8.27. The molecule has 1 aliphatic heterocycles. The zero-order chi connectivity index (χ0) is 25.7. The molecule has 0 saturated carbocycles. The summed E-state index contributed by atoms with van der Waals surface area (Å²) < 4.78 is 24.0. The van der Waals surface area contributed by atoms with Gasteiger partial charge in [-0.25, -0.2) is 0 Å². The summed E-state index contributed by atoms with van der Waals surface area (Å²) in [4.78, 5) is 16.2. The van der Waals surface area contributed by atoms with Crippen LogP contribution in [0.15, 0.2) is 34.4 Å². The molecule has 188 valence electrons. The highest BCUT2D eigenvalue weighted by Crippen LogP contribution is 2.46. The average Bonchev–Trinajstić information content (AvgIpc) is 2.86. The minimum absolute atomic E-state index is 0.0417. The first-order valence-corrected chi connectivity index (χ1v) is 11.7. The molecule has 9 nitrogen and oxygen atoms in total. The molecule has 35 heavy (non-hydrogen) atoms. The highest BCUT2D eigenvalue weighted by molar-refractivity contribution is 5.61. The van der Waals surface area contributed by atoms with Crippen LogP contribution in [0, 0.1) is 18.3 Å². The van der Waals surface area contributed by atoms with E-state index < -0.39 is 5.92 Å². The van der Waals surface area contributed by atoms with Crippen LogP contribution in [-0.4, -0.2) is 50.4 Å². The van der Waals surface area contributed by atoms with Crippen molar-refractivity contribution >= 4 is 0 Å². The average molecular weight is 483 g/mol. The minimum Gasteiger partial charge on any atom is -0.496 e. The maximum Gasteiger partial charge on any atom is 0.258 e. The maximum atomic E-state index is 13.9. The number of benzene rings is 1. The number of ether oxygens (including phenoxy) is 4. The van der Waals surface area contributed by atoms with Crippen molar-refractivity contribution in [3.8, 4) is 29.1 Å². The largest absolute Gasteiger partial charge is 0.496 e. The van der Waals surface area contributed by atoms with Gasteiger partial charge in [-0.2, -0.15) is 5.26 Å². The van der Waals surface area contributed by atoms with Crippen molar-refractivity contribution in [1.82, 2.24) is 9.47 Å². The molecule has 1 aromatic carbocycles. The third-order valence-electron chi connectivity index (χ3n) is 6.49. The number of hydrogen-bond acceptors (Lipinski definition) is 8. The Morgan fingerprint density at radius 1 is 1.09 bits per heavy atom. The molecule has 0 radical (unpaired) electrons. The van der Waals surface area contributed by atoms with E-state index in [-0.39, 0.29) is 17.0 Å². The van der Waals surface area contributed by atoms with Crippen LogP contribution < -0.4 is 30.2 Å². The van der Waals surface area contributed by atoms with Crippen molar-refractivity contribution in [3.05, 3.63) is 56.8 Å². The van der Waals surface area contributed by atoms with E-state index in [2.05, 4.69) is 24.8 Å². The molecular formula is C26H34N4O5. The molecule has 1 aliphatic rings. The summed E-state index contributed by atoms with van der Waals surface area (Å²) in [5.41, 5.74) is 7.74. The summed E-state index contributed by atoms with van der Waals surface area (Å²) >= 11 is 0. The minimum atomic E-state index is -0.791. The number of methoxy groups -OCH3 is 3. The van der Waals surface area contributed by atoms with Crippen molar-refractivity contribution in [3.63, 3.8) is 0 Å². The number of allylic oxidation sites excluding steroid dienone is 1. The van der Waals surface area contributed by atoms with Crippen LogP contribution in [0.25, 0.3) is 0 Å². The normalized spacial score (nSPS) is 14.9. The Morgan fingerprint density at radius 3 is 2.29 bits per heavy atom. The maximum absolute atomic E-state index is 13.9. The van der Waals surface area contributed by atoms with E-state index in [0.717, 1.165) is 31.7 Å². The fraction of sp³-hybridized carbons (Fsp3) is 0.462. The van der Waals surface area contributed by atoms with Gasteiger partial charge in [0.05, 0.1) is 32.8 Å². The Kier molecular flexibility index (Phi) is 8.30. The molecule has 1 aromatic heterocycles. The highest BCUT2D eigenvalue weighted by atomic mass is 16.5. The van der Waals surface area contributed by atoms with Crippen LogP contribution in [0.4, 0.5) is 0 Å². The number of rotatable bonds is 10. The lowest BCUT2D eigenvalue weighted by Crippen LogP contribution is -2.34. The molecule has 2 N–H and O–H groups in total. The molecule has 0 fully saturated rings. The second kappa shape index (κ2) is 11.2. The Morgan fingerprint density at radius 2 is 1.71 bits per heavy atom. The van der Waals surface area contributed by atoms with Crippen LogP contribution in [0.1, 0.15) is 43.0 Å². The molecule has 0 unspecified atom stereocenters. The van der Waals surface area contributed by atoms with Crippen molar-refractivity contribution in [2.75, 3.05) is 41.0 Å². The summed E-state index contributed by atoms with van der Waals surface area (Å²) in [6.07, 6.45) is 0.815. The molecule has 0 bridgehead atoms. The quantitative estimate of drug-likeness (QED) is 0.550. The van der Waals surface area contributed by atoms with Crippen molar-refractivity contribution in [2.45, 2.75) is 39.7 Å². The van der Waals surface area contributed by atoms with Gasteiger partial charge < -0.3 is 34.1 Å². The molecular weight excluding hydrogens is 448 g/mol. The van der Waals surface area contributed by atoms with Gasteiger partial charge in [-0.15, -0.1) is 0 Å². The lowest BCUT2D eigenvalue weighted by atomic mass is 9.83. The summed E-state index contributed by atoms with van der Waals surface area (Å²) in [6, 6.07) is 7.33. The molecule has 0 spiro atoms. The number of fused-ring (bicyclic) bond motifs is 1. The van der Waals surface area contributed by atoms with Gasteiger partial charge in [0.1, 0.15) is 23.1 Å². The summed E-state index contributed by atoms with van der Waals surface area (Å²) in [5.74, 6) is 0.855. The van der Waals surface area contributed by atoms with E-state index in [1.807, 2.05) is 6.92 Å². The van der Waals surface area contributed by atoms with Crippen LogP contribution in [0.3, 0.4) is 0 Å². The molecule has 0 amide bonds. The number of hydrogen-bond donors (Lipinski definition) is 1. The molecule has 2 aromatic rings. The van der Waals surface area contributed by atoms with Crippen LogP contribution >= 0.6 is 0 Å². The predicted molar refractivity (Wildman–Crippen MR) is 133 cm³/mol. The first-order chi connectivity index (χ1) is 16.8. The molecule has 0 aliphatic carbocycles. The number of aromatic nitrogens is 1. The van der Waals surface area contributed by atoms with E-state index >= 15 is 0 Å². The molecule has 2 heterocycles. The first-order valence-electron chi connectivity index (χ1n) is 11.7. The highest BCUT2D eigenvalue weighted by Gasteiger charge is 2.36. The van der Waals surface area contributed by atoms with Crippen molar-refractivity contribution in [2.24, 2.45) is 5.73 Å². The zero-order valence-electron chi connectivity index (χ0n) is 21.3. The third-order valence-corrected chi connectivity index (χ3v) is 6.49. The standard InChI is InChI=1S/C26H34N4O5/c1-7-29(8-2)10-9-11-30-16(3)12-22-24(26(30)31)23(18(15-27)25(28)35-22)17-13-20(33-5)21(34-6)14-19(17)32-4/h12-14,23H,7-11,28H2,1-6H3/t23-/m0/s1. The fourth-order valence-corrected chi connectivity index (χ4v) is 4.55. The van der Waals surface area contributed by atoms with E-state index in [1.54, 1.807) is 22.8 Å². The fourth-order valence-electron chi connectivity index (χ4n) is 4.55. The van der Waals surface area contributed by atoms with E-state index in [0.29, 0.717) is 40.7 Å². The predicted octanol–water partition coefficient (Wildman–Crippen LogP) is 3.13. The second-order valence-electron chi connectivity index (χ2n) is 8.27. The number of nitriles is 1. The number of pyridine rings is 1. The van der Waals surface area contributed by atoms with Crippen molar-refractivity contribution < 1.29 is 18.9 Å². The van der Waals surface area contributed by atoms with Gasteiger partial charge in [0, 0.05) is 29.9 Å². The lowest BCUT2D eigenvalue weighted by molar-refractivity contribution is 0.292. The Bertz CT molecular complexity index is 1210. The van der Waals surface area contributed by atoms with E-state index in [9.17, 15) is 10.1 Å². The summed E-state index contributed by atoms with van der Waals surface area (Å²) in [5, 5.41) is 10.0. The zero-order valence-corrected chi connectivity index (χ0v) is 21.3. The first kappa shape index (κ1) is 26.0. The molecule has 9 heteroatoms. The number of nitrogens with two attached hydrogens (primary N) is 1. The molecule has 0 saturated heterocycles. The van der Waals surface area contributed by atoms with Crippen molar-refractivity contribution in [1.29, 1.82) is 5.26 Å². The number of nitrogens with zero attached hydrogens (tertiary/aromatic N) is 3. The van der Waals surface area contributed by atoms with Gasteiger partial charge in [0.25, 0.3) is 5.56 Å². The molecule has 3 rings (SSSR count). The van der Waals surface area contributed by atoms with Gasteiger partial charge in [0.2, 0.25) is 5.88 Å². The lowest BCUT2D eigenvalue weighted by Gasteiger charge is -2.29. The monoisotopic (exact) mass is 482 g/mol. The van der Waals surface area contributed by atoms with Crippen LogP contribution in [0.2, 0.25) is 0 Å². The van der Waals surface area contributed by atoms with Crippen LogP contribution in [-0.2, 0) is 6.54 Å². The van der Waals surface area contributed by atoms with E-state index in [4.69, 9.17) is 24.7 Å². The molecule has 1 atom stereocenters. The summed E-state index contributed by atoms with van der Waals surface area (Å²) in [6.45, 7) is 9.46. The number of aryl methyl sites for hydroxylation is 1. The smallest absolute Gasteiger partial charge is 0.258 e. The summed E-state index contributed by atoms with van der Waals surface area (Å²) in [7, 11) is 4.57. The van der Waals surface area contributed by atoms with Crippen LogP contribution in [0.5, 0.6) is 23.0 Å². The topological polar surface area (TPSA) is 112 Å². The van der Waals surface area contributed by atoms with Gasteiger partial charge in [0.15, 0.2) is 11.5 Å². The van der Waals surface area contributed by atoms with Gasteiger partial charge in [-0.3, -0.25) is 4.79 Å². The SMILES string of the molecule is CCN(CC)CCCn1c(C)cc2c(c1=O)[C@@H](c1cc(OC)c(OC)cc1OC)C(C#N)=C(N)O2. The van der Waals surface area contributed by atoms with Gasteiger partial charge >= 0.3 is 0 Å². The van der Waals surface area contributed by atoms with Gasteiger partial charge in [-0.1, -0.05) is 13.8 Å². The Labute approximate surface area is 206 Å². The van der Waals surface area contributed by atoms with Gasteiger partial charge in [-0.05, 0) is 39.0 Å². The third kappa shape index (κ3) is 4.93. The van der Waals surface area contributed by atoms with E-state index in [1.165, 1.54) is 21.3 Å². The Hall–Kier alpha value is -3.64. The Balaban J connectivity index is 2.20.